The molecule has 17 heavy (non-hydrogen) atoms. The van der Waals surface area contributed by atoms with Crippen LogP contribution in [0, 0.1) is 11.3 Å². The summed E-state index contributed by atoms with van der Waals surface area (Å²) in [6.45, 7) is 7.75. The molecule has 2 unspecified atom stereocenters. The highest BCUT2D eigenvalue weighted by Crippen LogP contribution is 2.37. The maximum atomic E-state index is 11.3. The van der Waals surface area contributed by atoms with Crippen LogP contribution < -0.4 is 0 Å². The van der Waals surface area contributed by atoms with Crippen LogP contribution in [0.3, 0.4) is 0 Å². The van der Waals surface area contributed by atoms with E-state index in [4.69, 9.17) is 4.74 Å². The number of amides is 1. The van der Waals surface area contributed by atoms with E-state index in [0.717, 1.165) is 19.3 Å². The van der Waals surface area contributed by atoms with Gasteiger partial charge in [-0.15, -0.1) is 0 Å². The third-order valence-corrected chi connectivity index (χ3v) is 3.58. The number of likely N-dealkylation sites (tertiary alicyclic amines) is 1. The molecule has 0 aromatic rings. The van der Waals surface area contributed by atoms with Crippen LogP contribution in [0.15, 0.2) is 0 Å². The fourth-order valence-electron chi connectivity index (χ4n) is 3.04. The highest BCUT2D eigenvalue weighted by atomic mass is 16.5. The SMILES string of the molecule is COCCC1CCCN(C(=O)O)C1C(C)(C)C. The van der Waals surface area contributed by atoms with E-state index < -0.39 is 6.09 Å². The van der Waals surface area contributed by atoms with E-state index in [1.807, 2.05) is 0 Å². The molecule has 0 spiro atoms. The summed E-state index contributed by atoms with van der Waals surface area (Å²) in [5.74, 6) is 0.416. The zero-order chi connectivity index (χ0) is 13.1. The number of hydrogen-bond donors (Lipinski definition) is 1. The summed E-state index contributed by atoms with van der Waals surface area (Å²) < 4.78 is 5.14. The number of rotatable bonds is 3. The van der Waals surface area contributed by atoms with E-state index in [-0.39, 0.29) is 11.5 Å². The van der Waals surface area contributed by atoms with Crippen molar-refractivity contribution in [3.05, 3.63) is 0 Å². The molecule has 1 rings (SSSR count). The topological polar surface area (TPSA) is 49.8 Å². The lowest BCUT2D eigenvalue weighted by atomic mass is 9.73. The molecule has 1 saturated heterocycles. The Labute approximate surface area is 104 Å². The zero-order valence-corrected chi connectivity index (χ0v) is 11.4. The minimum absolute atomic E-state index is 0.0166. The molecule has 0 saturated carbocycles. The van der Waals surface area contributed by atoms with Gasteiger partial charge >= 0.3 is 6.09 Å². The van der Waals surface area contributed by atoms with Gasteiger partial charge in [0.2, 0.25) is 0 Å². The van der Waals surface area contributed by atoms with Gasteiger partial charge < -0.3 is 14.7 Å². The first-order valence-electron chi connectivity index (χ1n) is 6.36. The molecule has 1 amide bonds. The summed E-state index contributed by atoms with van der Waals surface area (Å²) in [6, 6.07) is 0.101. The Bertz CT molecular complexity index is 260. The van der Waals surface area contributed by atoms with E-state index in [0.29, 0.717) is 19.1 Å². The third-order valence-electron chi connectivity index (χ3n) is 3.58. The van der Waals surface area contributed by atoms with E-state index in [1.165, 1.54) is 0 Å². The van der Waals surface area contributed by atoms with Gasteiger partial charge in [-0.3, -0.25) is 0 Å². The second-order valence-electron chi connectivity index (χ2n) is 5.97. The normalized spacial score (nSPS) is 26.0. The molecule has 1 N–H and O–H groups in total. The van der Waals surface area contributed by atoms with Gasteiger partial charge in [0, 0.05) is 26.3 Å². The zero-order valence-electron chi connectivity index (χ0n) is 11.4. The quantitative estimate of drug-likeness (QED) is 0.829. The van der Waals surface area contributed by atoms with Crippen LogP contribution in [0.4, 0.5) is 4.79 Å². The Balaban J connectivity index is 2.83. The van der Waals surface area contributed by atoms with Gasteiger partial charge in [-0.05, 0) is 30.6 Å². The number of methoxy groups -OCH3 is 1. The van der Waals surface area contributed by atoms with Gasteiger partial charge in [0.05, 0.1) is 0 Å². The molecule has 0 aliphatic carbocycles. The van der Waals surface area contributed by atoms with Gasteiger partial charge in [0.1, 0.15) is 0 Å². The van der Waals surface area contributed by atoms with Crippen LogP contribution in [0.25, 0.3) is 0 Å². The molecule has 2 atom stereocenters. The molecule has 100 valence electrons. The van der Waals surface area contributed by atoms with Crippen molar-refractivity contribution in [2.24, 2.45) is 11.3 Å². The molecule has 1 fully saturated rings. The van der Waals surface area contributed by atoms with Crippen LogP contribution in [0.2, 0.25) is 0 Å². The summed E-state index contributed by atoms with van der Waals surface area (Å²) in [5, 5.41) is 9.31. The molecular weight excluding hydrogens is 218 g/mol. The van der Waals surface area contributed by atoms with Gasteiger partial charge in [-0.1, -0.05) is 20.8 Å². The maximum absolute atomic E-state index is 11.3. The number of ether oxygens (including phenoxy) is 1. The van der Waals surface area contributed by atoms with Crippen molar-refractivity contribution in [1.29, 1.82) is 0 Å². The minimum atomic E-state index is -0.785. The second-order valence-corrected chi connectivity index (χ2v) is 5.97. The average molecular weight is 243 g/mol. The van der Waals surface area contributed by atoms with Crippen molar-refractivity contribution in [1.82, 2.24) is 4.90 Å². The van der Waals surface area contributed by atoms with Crippen LogP contribution in [0.5, 0.6) is 0 Å². The predicted molar refractivity (Wildman–Crippen MR) is 67.2 cm³/mol. The van der Waals surface area contributed by atoms with Crippen LogP contribution >= 0.6 is 0 Å². The first kappa shape index (κ1) is 14.3. The monoisotopic (exact) mass is 243 g/mol. The lowest BCUT2D eigenvalue weighted by Crippen LogP contribution is -2.54. The molecule has 0 aromatic carbocycles. The Morgan fingerprint density at radius 1 is 1.47 bits per heavy atom. The summed E-state index contributed by atoms with van der Waals surface area (Å²) in [4.78, 5) is 13.0. The van der Waals surface area contributed by atoms with Crippen molar-refractivity contribution >= 4 is 6.09 Å². The first-order chi connectivity index (χ1) is 7.88. The number of hydrogen-bond acceptors (Lipinski definition) is 2. The molecule has 0 bridgehead atoms. The smallest absolute Gasteiger partial charge is 0.407 e. The molecule has 1 heterocycles. The van der Waals surface area contributed by atoms with Gasteiger partial charge in [-0.2, -0.15) is 0 Å². The Hall–Kier alpha value is -0.770. The highest BCUT2D eigenvalue weighted by molar-refractivity contribution is 5.65. The van der Waals surface area contributed by atoms with Crippen LogP contribution in [-0.2, 0) is 4.74 Å². The van der Waals surface area contributed by atoms with E-state index in [9.17, 15) is 9.90 Å². The highest BCUT2D eigenvalue weighted by Gasteiger charge is 2.41. The molecular formula is C13H25NO3. The fraction of sp³-hybridized carbons (Fsp3) is 0.923. The van der Waals surface area contributed by atoms with Crippen molar-refractivity contribution < 1.29 is 14.6 Å². The van der Waals surface area contributed by atoms with Gasteiger partial charge in [-0.25, -0.2) is 4.79 Å². The first-order valence-corrected chi connectivity index (χ1v) is 6.36. The van der Waals surface area contributed by atoms with E-state index in [1.54, 1.807) is 12.0 Å². The Kier molecular flexibility index (Phi) is 4.80. The molecule has 0 aromatic heterocycles. The fourth-order valence-corrected chi connectivity index (χ4v) is 3.04. The third kappa shape index (κ3) is 3.60. The second kappa shape index (κ2) is 5.71. The molecule has 1 aliphatic heterocycles. The number of nitrogens with zero attached hydrogens (tertiary/aromatic N) is 1. The van der Waals surface area contributed by atoms with Gasteiger partial charge in [0.15, 0.2) is 0 Å². The lowest BCUT2D eigenvalue weighted by Gasteiger charge is -2.47. The molecule has 4 nitrogen and oxygen atoms in total. The molecule has 4 heteroatoms. The molecule has 0 radical (unpaired) electrons. The Morgan fingerprint density at radius 3 is 2.59 bits per heavy atom. The van der Waals surface area contributed by atoms with Crippen molar-refractivity contribution in [2.75, 3.05) is 20.3 Å². The average Bonchev–Trinajstić information content (AvgIpc) is 2.24. The number of piperidine rings is 1. The van der Waals surface area contributed by atoms with E-state index >= 15 is 0 Å². The van der Waals surface area contributed by atoms with Crippen molar-refractivity contribution in [2.45, 2.75) is 46.1 Å². The van der Waals surface area contributed by atoms with Crippen molar-refractivity contribution in [3.63, 3.8) is 0 Å². The summed E-state index contributed by atoms with van der Waals surface area (Å²) in [5.41, 5.74) is -0.0166. The summed E-state index contributed by atoms with van der Waals surface area (Å²) in [6.07, 6.45) is 2.23. The maximum Gasteiger partial charge on any atom is 0.407 e. The predicted octanol–water partition coefficient (Wildman–Crippen LogP) is 2.83. The minimum Gasteiger partial charge on any atom is -0.465 e. The van der Waals surface area contributed by atoms with Crippen LogP contribution in [-0.4, -0.2) is 42.4 Å². The number of carbonyl (C=O) groups is 1. The lowest BCUT2D eigenvalue weighted by molar-refractivity contribution is 0.0119. The van der Waals surface area contributed by atoms with Crippen LogP contribution in [0.1, 0.15) is 40.0 Å². The van der Waals surface area contributed by atoms with Gasteiger partial charge in [0.25, 0.3) is 0 Å². The largest absolute Gasteiger partial charge is 0.465 e. The standard InChI is InChI=1S/C13H25NO3/c1-13(2,3)11-10(7-9-17-4)6-5-8-14(11)12(15)16/h10-11H,5-9H2,1-4H3,(H,15,16). The number of carboxylic acid groups (broad SMARTS) is 1. The summed E-state index contributed by atoms with van der Waals surface area (Å²) in [7, 11) is 1.70. The van der Waals surface area contributed by atoms with E-state index in [2.05, 4.69) is 20.8 Å². The summed E-state index contributed by atoms with van der Waals surface area (Å²) >= 11 is 0. The molecule has 1 aliphatic rings. The Morgan fingerprint density at radius 2 is 2.12 bits per heavy atom. The van der Waals surface area contributed by atoms with Crippen molar-refractivity contribution in [3.8, 4) is 0 Å².